The van der Waals surface area contributed by atoms with Crippen molar-refractivity contribution in [3.05, 3.63) is 0 Å². The van der Waals surface area contributed by atoms with Gasteiger partial charge in [-0.2, -0.15) is 0 Å². The first-order valence-electron chi connectivity index (χ1n) is 7.14. The van der Waals surface area contributed by atoms with Gasteiger partial charge in [0.15, 0.2) is 11.7 Å². The Kier molecular flexibility index (Phi) is 5.61. The number of methoxy groups -OCH3 is 1. The van der Waals surface area contributed by atoms with E-state index in [2.05, 4.69) is 19.8 Å². The largest absolute Gasteiger partial charge is 0.455 e. The molecular formula is C16H26O4. The third-order valence-corrected chi connectivity index (χ3v) is 3.67. The van der Waals surface area contributed by atoms with E-state index in [4.69, 9.17) is 20.6 Å². The summed E-state index contributed by atoms with van der Waals surface area (Å²) in [4.78, 5) is 11.4. The predicted octanol–water partition coefficient (Wildman–Crippen LogP) is 2.41. The summed E-state index contributed by atoms with van der Waals surface area (Å²) >= 11 is 0. The van der Waals surface area contributed by atoms with Gasteiger partial charge in [0.05, 0.1) is 6.10 Å². The molecule has 1 heterocycles. The molecule has 1 rings (SSSR count). The van der Waals surface area contributed by atoms with Crippen LogP contribution in [0.15, 0.2) is 0 Å². The van der Waals surface area contributed by atoms with Gasteiger partial charge in [-0.3, -0.25) is 4.79 Å². The van der Waals surface area contributed by atoms with Gasteiger partial charge in [0.1, 0.15) is 6.10 Å². The molecule has 0 unspecified atom stereocenters. The molecule has 0 aliphatic carbocycles. The van der Waals surface area contributed by atoms with E-state index in [1.165, 1.54) is 6.92 Å². The molecule has 0 spiro atoms. The molecule has 1 aliphatic heterocycles. The fourth-order valence-electron chi connectivity index (χ4n) is 2.89. The summed E-state index contributed by atoms with van der Waals surface area (Å²) in [7, 11) is 1.55. The Labute approximate surface area is 122 Å². The van der Waals surface area contributed by atoms with Gasteiger partial charge in [0.2, 0.25) is 0 Å². The van der Waals surface area contributed by atoms with E-state index in [-0.39, 0.29) is 24.1 Å². The van der Waals surface area contributed by atoms with Crippen LogP contribution in [0.3, 0.4) is 0 Å². The molecular weight excluding hydrogens is 256 g/mol. The average molecular weight is 282 g/mol. The lowest BCUT2D eigenvalue weighted by molar-refractivity contribution is -0.159. The highest BCUT2D eigenvalue weighted by molar-refractivity contribution is 5.66. The van der Waals surface area contributed by atoms with Crippen LogP contribution in [-0.2, 0) is 19.0 Å². The fourth-order valence-corrected chi connectivity index (χ4v) is 2.89. The maximum absolute atomic E-state index is 11.4. The van der Waals surface area contributed by atoms with Gasteiger partial charge in [-0.25, -0.2) is 0 Å². The molecule has 0 bridgehead atoms. The summed E-state index contributed by atoms with van der Waals surface area (Å²) in [5.41, 5.74) is -1.01. The Hall–Kier alpha value is -1.05. The monoisotopic (exact) mass is 282 g/mol. The number of hydrogen-bond donors (Lipinski definition) is 0. The van der Waals surface area contributed by atoms with Crippen molar-refractivity contribution in [1.29, 1.82) is 0 Å². The first-order chi connectivity index (χ1) is 9.28. The Bertz CT molecular complexity index is 382. The van der Waals surface area contributed by atoms with Crippen LogP contribution >= 0.6 is 0 Å². The summed E-state index contributed by atoms with van der Waals surface area (Å²) in [5, 5.41) is 0. The van der Waals surface area contributed by atoms with E-state index in [0.717, 1.165) is 6.42 Å². The lowest BCUT2D eigenvalue weighted by Gasteiger charge is -2.33. The molecule has 0 aromatic heterocycles. The average Bonchev–Trinajstić information content (AvgIpc) is 2.63. The van der Waals surface area contributed by atoms with Gasteiger partial charge in [0.25, 0.3) is 0 Å². The van der Waals surface area contributed by atoms with Crippen molar-refractivity contribution in [1.82, 2.24) is 0 Å². The number of carbonyl (C=O) groups excluding carboxylic acids is 1. The molecule has 4 atom stereocenters. The molecule has 1 saturated heterocycles. The minimum atomic E-state index is -1.01. The highest BCUT2D eigenvalue weighted by Gasteiger charge is 2.59. The Morgan fingerprint density at radius 2 is 2.00 bits per heavy atom. The lowest BCUT2D eigenvalue weighted by atomic mass is 9.84. The van der Waals surface area contributed by atoms with E-state index in [0.29, 0.717) is 5.92 Å². The van der Waals surface area contributed by atoms with Crippen molar-refractivity contribution >= 4 is 5.97 Å². The van der Waals surface area contributed by atoms with Crippen molar-refractivity contribution in [3.8, 4) is 12.3 Å². The zero-order valence-corrected chi connectivity index (χ0v) is 13.3. The second-order valence-corrected chi connectivity index (χ2v) is 6.14. The quantitative estimate of drug-likeness (QED) is 0.574. The molecule has 0 N–H and O–H groups in total. The third kappa shape index (κ3) is 3.16. The Morgan fingerprint density at radius 1 is 1.40 bits per heavy atom. The van der Waals surface area contributed by atoms with E-state index in [9.17, 15) is 4.79 Å². The van der Waals surface area contributed by atoms with Crippen LogP contribution in [0.2, 0.25) is 0 Å². The zero-order valence-electron chi connectivity index (χ0n) is 13.3. The number of terminal acetylenes is 1. The molecule has 1 fully saturated rings. The first-order valence-corrected chi connectivity index (χ1v) is 7.14. The van der Waals surface area contributed by atoms with Gasteiger partial charge in [-0.05, 0) is 18.3 Å². The summed E-state index contributed by atoms with van der Waals surface area (Å²) < 4.78 is 17.2. The minimum Gasteiger partial charge on any atom is -0.455 e. The highest BCUT2D eigenvalue weighted by atomic mass is 16.6. The molecule has 0 radical (unpaired) electrons. The van der Waals surface area contributed by atoms with Gasteiger partial charge in [-0.1, -0.05) is 33.6 Å². The molecule has 20 heavy (non-hydrogen) atoms. The SMILES string of the molecule is C#C[C@@]1(OC)[C@H](OC(C)=O)[C@@H](CC(C)C)O[C@H]1C(C)C. The molecule has 0 saturated carbocycles. The highest BCUT2D eigenvalue weighted by Crippen LogP contribution is 2.41. The standard InChI is InChI=1S/C16H26O4/c1-8-16(18-7)14(11(4)5)20-13(9-10(2)3)15(16)19-12(6)17/h1,10-11,13-15H,9H2,2-7H3/t13-,14+,15-,16+/m1/s1. The van der Waals surface area contributed by atoms with Crippen LogP contribution in [0.4, 0.5) is 0 Å². The third-order valence-electron chi connectivity index (χ3n) is 3.67. The summed E-state index contributed by atoms with van der Waals surface area (Å²) in [5.74, 6) is 2.91. The summed E-state index contributed by atoms with van der Waals surface area (Å²) in [6, 6.07) is 0. The van der Waals surface area contributed by atoms with Crippen LogP contribution < -0.4 is 0 Å². The number of ether oxygens (including phenoxy) is 3. The maximum atomic E-state index is 11.4. The summed E-state index contributed by atoms with van der Waals surface area (Å²) in [6.07, 6.45) is 5.41. The Morgan fingerprint density at radius 3 is 2.35 bits per heavy atom. The van der Waals surface area contributed by atoms with Crippen molar-refractivity contribution < 1.29 is 19.0 Å². The van der Waals surface area contributed by atoms with Crippen molar-refractivity contribution in [3.63, 3.8) is 0 Å². The molecule has 114 valence electrons. The van der Waals surface area contributed by atoms with Crippen LogP contribution in [0.1, 0.15) is 41.0 Å². The van der Waals surface area contributed by atoms with Crippen molar-refractivity contribution in [2.75, 3.05) is 7.11 Å². The molecule has 0 aromatic carbocycles. The number of hydrogen-bond acceptors (Lipinski definition) is 4. The second kappa shape index (κ2) is 6.60. The number of carbonyl (C=O) groups is 1. The zero-order chi connectivity index (χ0) is 15.5. The van der Waals surface area contributed by atoms with Crippen LogP contribution in [0.25, 0.3) is 0 Å². The topological polar surface area (TPSA) is 44.8 Å². The second-order valence-electron chi connectivity index (χ2n) is 6.14. The normalized spacial score (nSPS) is 33.5. The first kappa shape index (κ1) is 17.0. The van der Waals surface area contributed by atoms with E-state index in [1.807, 2.05) is 13.8 Å². The van der Waals surface area contributed by atoms with Gasteiger partial charge >= 0.3 is 5.97 Å². The van der Waals surface area contributed by atoms with Crippen LogP contribution in [-0.4, -0.2) is 37.0 Å². The van der Waals surface area contributed by atoms with E-state index in [1.54, 1.807) is 7.11 Å². The van der Waals surface area contributed by atoms with Crippen LogP contribution in [0, 0.1) is 24.2 Å². The lowest BCUT2D eigenvalue weighted by Crippen LogP contribution is -2.52. The van der Waals surface area contributed by atoms with Gasteiger partial charge in [0, 0.05) is 14.0 Å². The van der Waals surface area contributed by atoms with Crippen molar-refractivity contribution in [2.24, 2.45) is 11.8 Å². The molecule has 4 nitrogen and oxygen atoms in total. The summed E-state index contributed by atoms with van der Waals surface area (Å²) in [6.45, 7) is 9.63. The van der Waals surface area contributed by atoms with Crippen molar-refractivity contribution in [2.45, 2.75) is 65.0 Å². The van der Waals surface area contributed by atoms with E-state index >= 15 is 0 Å². The maximum Gasteiger partial charge on any atom is 0.303 e. The smallest absolute Gasteiger partial charge is 0.303 e. The predicted molar refractivity (Wildman–Crippen MR) is 77.1 cm³/mol. The van der Waals surface area contributed by atoms with Gasteiger partial charge in [-0.15, -0.1) is 6.42 Å². The fraction of sp³-hybridized carbons (Fsp3) is 0.812. The Balaban J connectivity index is 3.17. The number of esters is 1. The van der Waals surface area contributed by atoms with E-state index < -0.39 is 11.7 Å². The molecule has 0 amide bonds. The minimum absolute atomic E-state index is 0.168. The molecule has 4 heteroatoms. The van der Waals surface area contributed by atoms with Gasteiger partial charge < -0.3 is 14.2 Å². The molecule has 1 aliphatic rings. The number of rotatable bonds is 5. The molecule has 0 aromatic rings. The van der Waals surface area contributed by atoms with Crippen LogP contribution in [0.5, 0.6) is 0 Å².